The lowest BCUT2D eigenvalue weighted by Crippen LogP contribution is -2.24. The minimum Gasteiger partial charge on any atom is -0.370 e. The first kappa shape index (κ1) is 17.3. The van der Waals surface area contributed by atoms with E-state index in [1.807, 2.05) is 0 Å². The van der Waals surface area contributed by atoms with E-state index in [1.54, 1.807) is 0 Å². The molecular weight excluding hydrogens is 361 g/mol. The molecule has 1 aliphatic rings. The van der Waals surface area contributed by atoms with Gasteiger partial charge in [-0.15, -0.1) is 24.0 Å². The highest BCUT2D eigenvalue weighted by Gasteiger charge is 2.20. The van der Waals surface area contributed by atoms with E-state index in [0.717, 1.165) is 31.0 Å². The van der Waals surface area contributed by atoms with Crippen molar-refractivity contribution in [2.24, 2.45) is 16.6 Å². The fourth-order valence-corrected chi connectivity index (χ4v) is 2.34. The zero-order chi connectivity index (χ0) is 13.7. The first-order valence-corrected chi connectivity index (χ1v) is 7.42. The van der Waals surface area contributed by atoms with Crippen molar-refractivity contribution in [3.63, 3.8) is 0 Å². The first-order valence-electron chi connectivity index (χ1n) is 7.42. The quantitative estimate of drug-likeness (QED) is 0.441. The Morgan fingerprint density at radius 1 is 1.25 bits per heavy atom. The predicted octanol–water partition coefficient (Wildman–Crippen LogP) is 3.96. The van der Waals surface area contributed by atoms with Gasteiger partial charge in [-0.25, -0.2) is 0 Å². The van der Waals surface area contributed by atoms with Gasteiger partial charge in [0, 0.05) is 12.2 Å². The molecule has 0 amide bonds. The lowest BCUT2D eigenvalue weighted by atomic mass is 10.0. The summed E-state index contributed by atoms with van der Waals surface area (Å²) in [6, 6.07) is 6.42. The fraction of sp³-hybridized carbons (Fsp3) is 0.562. The Balaban J connectivity index is 0.00000200. The van der Waals surface area contributed by atoms with Crippen molar-refractivity contribution in [1.82, 2.24) is 0 Å². The van der Waals surface area contributed by atoms with Crippen molar-refractivity contribution < 1.29 is 0 Å². The number of anilines is 1. The van der Waals surface area contributed by atoms with Crippen LogP contribution in [0.15, 0.2) is 23.2 Å². The van der Waals surface area contributed by atoms with Gasteiger partial charge in [-0.3, -0.25) is 4.99 Å². The smallest absolute Gasteiger partial charge is 0.193 e. The van der Waals surface area contributed by atoms with E-state index in [-0.39, 0.29) is 24.0 Å². The second-order valence-corrected chi connectivity index (χ2v) is 5.28. The molecule has 0 saturated heterocycles. The summed E-state index contributed by atoms with van der Waals surface area (Å²) in [4.78, 5) is 4.43. The molecule has 0 radical (unpaired) electrons. The van der Waals surface area contributed by atoms with E-state index in [0.29, 0.717) is 5.96 Å². The number of nitrogens with one attached hydrogen (secondary N) is 1. The molecule has 0 heterocycles. The number of rotatable bonds is 6. The second-order valence-electron chi connectivity index (χ2n) is 5.28. The molecule has 1 aliphatic carbocycles. The summed E-state index contributed by atoms with van der Waals surface area (Å²) in [6.45, 7) is 5.18. The molecule has 1 aromatic rings. The number of halogens is 1. The van der Waals surface area contributed by atoms with Gasteiger partial charge in [0.1, 0.15) is 0 Å². The molecule has 0 aliphatic heterocycles. The van der Waals surface area contributed by atoms with E-state index in [1.165, 1.54) is 30.4 Å². The highest BCUT2D eigenvalue weighted by Crippen LogP contribution is 2.32. The third kappa shape index (κ3) is 4.96. The number of guanidine groups is 1. The van der Waals surface area contributed by atoms with Crippen LogP contribution in [0, 0.1) is 5.92 Å². The fourth-order valence-electron chi connectivity index (χ4n) is 2.34. The second kappa shape index (κ2) is 8.49. The lowest BCUT2D eigenvalue weighted by molar-refractivity contribution is 0.739. The summed E-state index contributed by atoms with van der Waals surface area (Å²) in [5.41, 5.74) is 9.76. The highest BCUT2D eigenvalue weighted by atomic mass is 127. The van der Waals surface area contributed by atoms with Gasteiger partial charge in [0.25, 0.3) is 0 Å². The van der Waals surface area contributed by atoms with E-state index >= 15 is 0 Å². The number of nitrogens with two attached hydrogens (primary N) is 1. The number of aliphatic imine (C=N–C) groups is 1. The summed E-state index contributed by atoms with van der Waals surface area (Å²) in [5.74, 6) is 1.46. The van der Waals surface area contributed by atoms with E-state index in [4.69, 9.17) is 5.73 Å². The molecule has 3 N–H and O–H groups in total. The van der Waals surface area contributed by atoms with Crippen LogP contribution in [0.5, 0.6) is 0 Å². The molecule has 1 fully saturated rings. The summed E-state index contributed by atoms with van der Waals surface area (Å²) < 4.78 is 0. The molecule has 1 aromatic carbocycles. The number of aryl methyl sites for hydroxylation is 2. The molecule has 0 bridgehead atoms. The highest BCUT2D eigenvalue weighted by molar-refractivity contribution is 14.0. The number of benzene rings is 1. The maximum absolute atomic E-state index is 6.00. The van der Waals surface area contributed by atoms with Crippen molar-refractivity contribution in [2.45, 2.75) is 46.0 Å². The van der Waals surface area contributed by atoms with Crippen molar-refractivity contribution in [2.75, 3.05) is 11.9 Å². The van der Waals surface area contributed by atoms with Gasteiger partial charge in [0.15, 0.2) is 5.96 Å². The Bertz CT molecular complexity index is 431. The molecule has 1 saturated carbocycles. The number of para-hydroxylation sites is 1. The zero-order valence-electron chi connectivity index (χ0n) is 12.5. The topological polar surface area (TPSA) is 50.4 Å². The molecule has 0 atom stereocenters. The Hall–Kier alpha value is -0.780. The SMILES string of the molecule is CCc1cccc(CC)c1NC(N)=NCCC1CC1.I. The van der Waals surface area contributed by atoms with Gasteiger partial charge in [0.05, 0.1) is 0 Å². The normalized spacial score (nSPS) is 14.8. The Morgan fingerprint density at radius 2 is 1.85 bits per heavy atom. The Labute approximate surface area is 139 Å². The van der Waals surface area contributed by atoms with Crippen LogP contribution in [0.3, 0.4) is 0 Å². The predicted molar refractivity (Wildman–Crippen MR) is 98.1 cm³/mol. The Morgan fingerprint density at radius 3 is 2.35 bits per heavy atom. The summed E-state index contributed by atoms with van der Waals surface area (Å²) >= 11 is 0. The molecule has 2 rings (SSSR count). The van der Waals surface area contributed by atoms with E-state index in [9.17, 15) is 0 Å². The molecular formula is C16H26IN3. The summed E-state index contributed by atoms with van der Waals surface area (Å²) in [5, 5.41) is 3.30. The van der Waals surface area contributed by atoms with Gasteiger partial charge < -0.3 is 11.1 Å². The van der Waals surface area contributed by atoms with Crippen molar-refractivity contribution in [3.05, 3.63) is 29.3 Å². The van der Waals surface area contributed by atoms with Gasteiger partial charge in [0.2, 0.25) is 0 Å². The summed E-state index contributed by atoms with van der Waals surface area (Å²) in [6.07, 6.45) is 5.94. The van der Waals surface area contributed by atoms with Crippen LogP contribution >= 0.6 is 24.0 Å². The van der Waals surface area contributed by atoms with Crippen LogP contribution in [0.2, 0.25) is 0 Å². The molecule has 0 unspecified atom stereocenters. The van der Waals surface area contributed by atoms with Gasteiger partial charge in [-0.05, 0) is 36.3 Å². The molecule has 4 heteroatoms. The standard InChI is InChI=1S/C16H25N3.HI/c1-3-13-6-5-7-14(4-2)15(13)19-16(17)18-11-10-12-8-9-12;/h5-7,12H,3-4,8-11H2,1-2H3,(H3,17,18,19);1H. The summed E-state index contributed by atoms with van der Waals surface area (Å²) in [7, 11) is 0. The van der Waals surface area contributed by atoms with Crippen LogP contribution in [0.4, 0.5) is 5.69 Å². The van der Waals surface area contributed by atoms with Crippen molar-refractivity contribution >= 4 is 35.6 Å². The lowest BCUT2D eigenvalue weighted by Gasteiger charge is -2.14. The maximum atomic E-state index is 6.00. The average molecular weight is 387 g/mol. The molecule has 3 nitrogen and oxygen atoms in total. The van der Waals surface area contributed by atoms with Crippen LogP contribution in [-0.4, -0.2) is 12.5 Å². The first-order chi connectivity index (χ1) is 9.24. The number of hydrogen-bond donors (Lipinski definition) is 2. The van der Waals surface area contributed by atoms with Gasteiger partial charge >= 0.3 is 0 Å². The third-order valence-electron chi connectivity index (χ3n) is 3.77. The van der Waals surface area contributed by atoms with Crippen LogP contribution in [0.25, 0.3) is 0 Å². The minimum atomic E-state index is 0. The zero-order valence-corrected chi connectivity index (χ0v) is 14.8. The Kier molecular flexibility index (Phi) is 7.34. The van der Waals surface area contributed by atoms with Crippen molar-refractivity contribution in [1.29, 1.82) is 0 Å². The van der Waals surface area contributed by atoms with Gasteiger partial charge in [-0.1, -0.05) is 44.9 Å². The number of hydrogen-bond acceptors (Lipinski definition) is 1. The molecule has 0 aromatic heterocycles. The van der Waals surface area contributed by atoms with Gasteiger partial charge in [-0.2, -0.15) is 0 Å². The monoisotopic (exact) mass is 387 g/mol. The largest absolute Gasteiger partial charge is 0.370 e. The average Bonchev–Trinajstić information content (AvgIpc) is 3.23. The van der Waals surface area contributed by atoms with E-state index < -0.39 is 0 Å². The van der Waals surface area contributed by atoms with Crippen LogP contribution in [0.1, 0.15) is 44.2 Å². The third-order valence-corrected chi connectivity index (χ3v) is 3.77. The minimum absolute atomic E-state index is 0. The van der Waals surface area contributed by atoms with Crippen LogP contribution in [-0.2, 0) is 12.8 Å². The molecule has 20 heavy (non-hydrogen) atoms. The van der Waals surface area contributed by atoms with E-state index in [2.05, 4.69) is 42.4 Å². The number of nitrogens with zero attached hydrogens (tertiary/aromatic N) is 1. The molecule has 0 spiro atoms. The maximum Gasteiger partial charge on any atom is 0.193 e. The molecule has 112 valence electrons. The van der Waals surface area contributed by atoms with Crippen molar-refractivity contribution in [3.8, 4) is 0 Å². The van der Waals surface area contributed by atoms with Crippen LogP contribution < -0.4 is 11.1 Å².